The van der Waals surface area contributed by atoms with E-state index in [0.29, 0.717) is 43.4 Å². The summed E-state index contributed by atoms with van der Waals surface area (Å²) in [5.74, 6) is 1.88. The quantitative estimate of drug-likeness (QED) is 0.412. The van der Waals surface area contributed by atoms with Crippen LogP contribution in [-0.2, 0) is 9.53 Å². The zero-order valence-electron chi connectivity index (χ0n) is 22.7. The number of piperazine rings is 1. The van der Waals surface area contributed by atoms with Crippen molar-refractivity contribution in [3.63, 3.8) is 0 Å². The number of nitrogens with zero attached hydrogens (tertiary/aromatic N) is 4. The van der Waals surface area contributed by atoms with Crippen molar-refractivity contribution in [2.75, 3.05) is 59.0 Å². The third kappa shape index (κ3) is 5.11. The minimum atomic E-state index is -0.750. The summed E-state index contributed by atoms with van der Waals surface area (Å²) in [5.41, 5.74) is 1.20. The van der Waals surface area contributed by atoms with Crippen molar-refractivity contribution in [1.82, 2.24) is 9.47 Å². The van der Waals surface area contributed by atoms with Gasteiger partial charge in [-0.1, -0.05) is 17.4 Å². The number of furan rings is 1. The standard InChI is InChI=1S/C28H32N4O6S/c1-6-37-27(34)24-17(2)29-28-32(25(24)18-7-9-20(35-4)21(15-18)36-5)26(33)22(39-28)16-19-8-10-23(38-19)31-13-11-30(3)12-14-31/h7-10,15-16,25H,6,11-14H2,1-5H3/b22-16+/t25-/m0/s1. The van der Waals surface area contributed by atoms with E-state index >= 15 is 0 Å². The normalized spacial score (nSPS) is 18.1. The van der Waals surface area contributed by atoms with Crippen molar-refractivity contribution >= 4 is 29.3 Å². The highest BCUT2D eigenvalue weighted by Gasteiger charge is 2.34. The second-order valence-corrected chi connectivity index (χ2v) is 10.4. The lowest BCUT2D eigenvalue weighted by Crippen LogP contribution is -2.44. The van der Waals surface area contributed by atoms with Gasteiger partial charge in [0.1, 0.15) is 5.76 Å². The average Bonchev–Trinajstić information content (AvgIpc) is 3.52. The smallest absolute Gasteiger partial charge is 0.338 e. The monoisotopic (exact) mass is 552 g/mol. The van der Waals surface area contributed by atoms with Gasteiger partial charge in [0, 0.05) is 38.3 Å². The lowest BCUT2D eigenvalue weighted by atomic mass is 9.95. The van der Waals surface area contributed by atoms with E-state index in [1.54, 1.807) is 50.8 Å². The molecule has 10 nitrogen and oxygen atoms in total. The van der Waals surface area contributed by atoms with Gasteiger partial charge in [0.05, 0.1) is 42.7 Å². The molecule has 1 saturated heterocycles. The number of anilines is 1. The molecular weight excluding hydrogens is 520 g/mol. The Morgan fingerprint density at radius 3 is 2.56 bits per heavy atom. The largest absolute Gasteiger partial charge is 0.493 e. The molecule has 0 unspecified atom stereocenters. The number of benzene rings is 1. The molecule has 2 aliphatic rings. The molecule has 1 atom stereocenters. The van der Waals surface area contributed by atoms with Crippen LogP contribution in [0.3, 0.4) is 0 Å². The van der Waals surface area contributed by atoms with Gasteiger partial charge < -0.3 is 28.4 Å². The van der Waals surface area contributed by atoms with Crippen molar-refractivity contribution in [2.45, 2.75) is 19.9 Å². The summed E-state index contributed by atoms with van der Waals surface area (Å²) in [4.78, 5) is 36.6. The summed E-state index contributed by atoms with van der Waals surface area (Å²) >= 11 is 1.25. The van der Waals surface area contributed by atoms with E-state index in [1.807, 2.05) is 18.2 Å². The number of carbonyl (C=O) groups excluding carboxylic acids is 1. The zero-order chi connectivity index (χ0) is 27.7. The first kappa shape index (κ1) is 26.8. The Hall–Kier alpha value is -3.83. The predicted molar refractivity (Wildman–Crippen MR) is 148 cm³/mol. The average molecular weight is 553 g/mol. The van der Waals surface area contributed by atoms with Gasteiger partial charge in [-0.15, -0.1) is 0 Å². The molecule has 11 heteroatoms. The molecule has 5 rings (SSSR count). The molecule has 0 radical (unpaired) electrons. The van der Waals surface area contributed by atoms with Gasteiger partial charge in [-0.25, -0.2) is 9.79 Å². The summed E-state index contributed by atoms with van der Waals surface area (Å²) in [5, 5.41) is 0. The van der Waals surface area contributed by atoms with Gasteiger partial charge in [-0.05, 0) is 44.7 Å². The van der Waals surface area contributed by atoms with Gasteiger partial charge in [-0.3, -0.25) is 9.36 Å². The van der Waals surface area contributed by atoms with E-state index < -0.39 is 12.0 Å². The molecular formula is C28H32N4O6S. The molecule has 39 heavy (non-hydrogen) atoms. The van der Waals surface area contributed by atoms with Crippen LogP contribution in [0.15, 0.2) is 55.8 Å². The van der Waals surface area contributed by atoms with Crippen LogP contribution in [-0.4, -0.2) is 69.5 Å². The SMILES string of the molecule is CCOC(=O)C1=C(C)N=c2s/c(=C/c3ccc(N4CCN(C)CC4)o3)c(=O)n2[C@H]1c1ccc(OC)c(OC)c1. The summed E-state index contributed by atoms with van der Waals surface area (Å²) in [6.45, 7) is 7.40. The number of fused-ring (bicyclic) bond motifs is 1. The van der Waals surface area contributed by atoms with Crippen LogP contribution >= 0.6 is 11.3 Å². The van der Waals surface area contributed by atoms with Crippen LogP contribution in [0.1, 0.15) is 31.2 Å². The van der Waals surface area contributed by atoms with Crippen molar-refractivity contribution < 1.29 is 23.4 Å². The second kappa shape index (κ2) is 11.1. The van der Waals surface area contributed by atoms with Crippen LogP contribution < -0.4 is 29.3 Å². The van der Waals surface area contributed by atoms with Crippen LogP contribution in [0, 0.1) is 0 Å². The molecule has 3 aromatic rings. The molecule has 1 fully saturated rings. The Kier molecular flexibility index (Phi) is 7.62. The van der Waals surface area contributed by atoms with E-state index in [4.69, 9.17) is 18.6 Å². The number of allylic oxidation sites excluding steroid dienone is 1. The first-order chi connectivity index (χ1) is 18.8. The molecule has 1 aromatic carbocycles. The number of hydrogen-bond donors (Lipinski definition) is 0. The number of methoxy groups -OCH3 is 2. The van der Waals surface area contributed by atoms with Crippen LogP contribution in [0.25, 0.3) is 6.08 Å². The molecule has 0 bridgehead atoms. The number of thiazole rings is 1. The highest BCUT2D eigenvalue weighted by atomic mass is 32.1. The first-order valence-corrected chi connectivity index (χ1v) is 13.6. The molecule has 4 heterocycles. The minimum Gasteiger partial charge on any atom is -0.493 e. The molecule has 2 aliphatic heterocycles. The fraction of sp³-hybridized carbons (Fsp3) is 0.393. The fourth-order valence-electron chi connectivity index (χ4n) is 4.88. The Morgan fingerprint density at radius 2 is 1.87 bits per heavy atom. The maximum absolute atomic E-state index is 13.9. The molecule has 2 aromatic heterocycles. The van der Waals surface area contributed by atoms with Gasteiger partial charge >= 0.3 is 5.97 Å². The third-order valence-electron chi connectivity index (χ3n) is 6.94. The highest BCUT2D eigenvalue weighted by Crippen LogP contribution is 2.36. The maximum atomic E-state index is 13.9. The lowest BCUT2D eigenvalue weighted by Gasteiger charge is -2.32. The molecule has 0 amide bonds. The van der Waals surface area contributed by atoms with Crippen molar-refractivity contribution in [2.24, 2.45) is 4.99 Å². The van der Waals surface area contributed by atoms with Crippen LogP contribution in [0.4, 0.5) is 5.88 Å². The molecule has 0 aliphatic carbocycles. The maximum Gasteiger partial charge on any atom is 0.338 e. The topological polar surface area (TPSA) is 98.7 Å². The summed E-state index contributed by atoms with van der Waals surface area (Å²) in [6.07, 6.45) is 1.73. The summed E-state index contributed by atoms with van der Waals surface area (Å²) in [6, 6.07) is 8.39. The van der Waals surface area contributed by atoms with Crippen molar-refractivity contribution in [3.8, 4) is 11.5 Å². The Labute approximate surface area is 230 Å². The van der Waals surface area contributed by atoms with E-state index in [2.05, 4.69) is 21.8 Å². The van der Waals surface area contributed by atoms with E-state index in [1.165, 1.54) is 11.3 Å². The first-order valence-electron chi connectivity index (χ1n) is 12.8. The van der Waals surface area contributed by atoms with Gasteiger partial charge in [0.25, 0.3) is 5.56 Å². The zero-order valence-corrected chi connectivity index (χ0v) is 23.5. The molecule has 206 valence electrons. The number of hydrogen-bond acceptors (Lipinski definition) is 10. The number of likely N-dealkylation sites (N-methyl/N-ethyl adjacent to an activating group) is 1. The van der Waals surface area contributed by atoms with Crippen molar-refractivity contribution in [3.05, 3.63) is 72.6 Å². The second-order valence-electron chi connectivity index (χ2n) is 9.38. The van der Waals surface area contributed by atoms with Crippen molar-refractivity contribution in [1.29, 1.82) is 0 Å². The number of esters is 1. The predicted octanol–water partition coefficient (Wildman–Crippen LogP) is 2.16. The fourth-order valence-corrected chi connectivity index (χ4v) is 5.90. The minimum absolute atomic E-state index is 0.201. The number of rotatable bonds is 7. The lowest BCUT2D eigenvalue weighted by molar-refractivity contribution is -0.139. The van der Waals surface area contributed by atoms with Gasteiger partial charge in [0.15, 0.2) is 22.2 Å². The molecule has 0 N–H and O–H groups in total. The Balaban J connectivity index is 1.60. The third-order valence-corrected chi connectivity index (χ3v) is 7.92. The molecule has 0 spiro atoms. The van der Waals surface area contributed by atoms with Gasteiger partial charge in [-0.2, -0.15) is 0 Å². The van der Waals surface area contributed by atoms with Crippen LogP contribution in [0.2, 0.25) is 0 Å². The van der Waals surface area contributed by atoms with E-state index in [0.717, 1.165) is 32.1 Å². The molecule has 0 saturated carbocycles. The summed E-state index contributed by atoms with van der Waals surface area (Å²) in [7, 11) is 5.20. The Morgan fingerprint density at radius 1 is 1.13 bits per heavy atom. The number of aromatic nitrogens is 1. The van der Waals surface area contributed by atoms with Gasteiger partial charge in [0.2, 0.25) is 0 Å². The van der Waals surface area contributed by atoms with E-state index in [-0.39, 0.29) is 12.2 Å². The highest BCUT2D eigenvalue weighted by molar-refractivity contribution is 7.07. The van der Waals surface area contributed by atoms with Crippen LogP contribution in [0.5, 0.6) is 11.5 Å². The Bertz CT molecular complexity index is 1590. The summed E-state index contributed by atoms with van der Waals surface area (Å²) < 4.78 is 24.4. The number of ether oxygens (including phenoxy) is 3. The van der Waals surface area contributed by atoms with E-state index in [9.17, 15) is 9.59 Å². The number of carbonyl (C=O) groups is 1.